The van der Waals surface area contributed by atoms with Crippen LogP contribution in [-0.4, -0.2) is 45.5 Å². The van der Waals surface area contributed by atoms with Crippen LogP contribution in [0, 0.1) is 11.8 Å². The van der Waals surface area contributed by atoms with Crippen molar-refractivity contribution in [3.8, 4) is 0 Å². The number of carbonyl (C=O) groups excluding carboxylic acids is 1. The number of aliphatic hydroxyl groups is 2. The molecule has 0 radical (unpaired) electrons. The molecular weight excluding hydrogens is 284 g/mol. The second kappa shape index (κ2) is 4.13. The fourth-order valence-corrected chi connectivity index (χ4v) is 4.96. The molecule has 0 aromatic rings. The third kappa shape index (κ3) is 1.79. The molecular formula is C17H24O5. The van der Waals surface area contributed by atoms with Crippen LogP contribution in [0.1, 0.15) is 46.5 Å². The van der Waals surface area contributed by atoms with Crippen LogP contribution in [0.25, 0.3) is 0 Å². The number of ketones is 1. The molecule has 22 heavy (non-hydrogen) atoms. The van der Waals surface area contributed by atoms with Gasteiger partial charge in [0.1, 0.15) is 23.1 Å². The van der Waals surface area contributed by atoms with E-state index in [2.05, 4.69) is 0 Å². The Balaban J connectivity index is 1.76. The van der Waals surface area contributed by atoms with E-state index in [1.807, 2.05) is 20.8 Å². The molecule has 2 aliphatic heterocycles. The van der Waals surface area contributed by atoms with Gasteiger partial charge in [0.2, 0.25) is 0 Å². The van der Waals surface area contributed by atoms with Gasteiger partial charge < -0.3 is 19.7 Å². The Labute approximate surface area is 130 Å². The Morgan fingerprint density at radius 2 is 2.09 bits per heavy atom. The second-order valence-corrected chi connectivity index (χ2v) is 8.23. The minimum atomic E-state index is -1.14. The number of Topliss-reactive ketones (excluding diaryl/α,β-unsaturated/α-hetero) is 1. The average Bonchev–Trinajstić information content (AvgIpc) is 2.94. The van der Waals surface area contributed by atoms with E-state index in [-0.39, 0.29) is 24.2 Å². The van der Waals surface area contributed by atoms with Crippen LogP contribution < -0.4 is 0 Å². The molecule has 5 heteroatoms. The summed E-state index contributed by atoms with van der Waals surface area (Å²) in [7, 11) is 0. The summed E-state index contributed by atoms with van der Waals surface area (Å²) in [6, 6.07) is 0. The Hall–Kier alpha value is -0.910. The first kappa shape index (κ1) is 14.7. The predicted octanol–water partition coefficient (Wildman–Crippen LogP) is 1.32. The van der Waals surface area contributed by atoms with Crippen LogP contribution in [0.4, 0.5) is 0 Å². The van der Waals surface area contributed by atoms with Crippen molar-refractivity contribution in [3.05, 3.63) is 11.3 Å². The van der Waals surface area contributed by atoms with E-state index in [1.54, 1.807) is 0 Å². The molecule has 2 bridgehead atoms. The minimum Gasteiger partial charge on any atom is -0.488 e. The first-order valence-corrected chi connectivity index (χ1v) is 8.17. The van der Waals surface area contributed by atoms with E-state index < -0.39 is 22.9 Å². The Bertz CT molecular complexity index is 574. The van der Waals surface area contributed by atoms with Crippen molar-refractivity contribution < 1.29 is 24.5 Å². The first-order chi connectivity index (χ1) is 10.1. The molecule has 5 nitrogen and oxygen atoms in total. The molecule has 2 fully saturated rings. The van der Waals surface area contributed by atoms with Gasteiger partial charge in [-0.15, -0.1) is 0 Å². The highest BCUT2D eigenvalue weighted by molar-refractivity contribution is 6.01. The van der Waals surface area contributed by atoms with Crippen LogP contribution in [0.5, 0.6) is 0 Å². The molecule has 0 aromatic carbocycles. The number of hydrogen-bond donors (Lipinski definition) is 2. The summed E-state index contributed by atoms with van der Waals surface area (Å²) in [6.45, 7) is 5.84. The van der Waals surface area contributed by atoms with Crippen molar-refractivity contribution in [2.75, 3.05) is 6.61 Å². The topological polar surface area (TPSA) is 76.0 Å². The highest BCUT2D eigenvalue weighted by Crippen LogP contribution is 2.57. The van der Waals surface area contributed by atoms with Gasteiger partial charge in [0.05, 0.1) is 12.2 Å². The lowest BCUT2D eigenvalue weighted by molar-refractivity contribution is -0.131. The Morgan fingerprint density at radius 1 is 1.36 bits per heavy atom. The highest BCUT2D eigenvalue weighted by Gasteiger charge is 2.61. The second-order valence-electron chi connectivity index (χ2n) is 8.23. The van der Waals surface area contributed by atoms with E-state index in [9.17, 15) is 15.0 Å². The maximum Gasteiger partial charge on any atom is 0.191 e. The summed E-state index contributed by atoms with van der Waals surface area (Å²) in [5.41, 5.74) is -1.77. The highest BCUT2D eigenvalue weighted by atomic mass is 16.6. The average molecular weight is 308 g/mol. The van der Waals surface area contributed by atoms with E-state index >= 15 is 0 Å². The summed E-state index contributed by atoms with van der Waals surface area (Å²) in [5, 5.41) is 21.3. The van der Waals surface area contributed by atoms with Gasteiger partial charge in [-0.2, -0.15) is 0 Å². The van der Waals surface area contributed by atoms with Crippen molar-refractivity contribution >= 4 is 5.78 Å². The van der Waals surface area contributed by atoms with Crippen LogP contribution in [0.15, 0.2) is 11.3 Å². The predicted molar refractivity (Wildman–Crippen MR) is 78.0 cm³/mol. The van der Waals surface area contributed by atoms with Crippen molar-refractivity contribution in [2.24, 2.45) is 11.8 Å². The van der Waals surface area contributed by atoms with Crippen molar-refractivity contribution in [3.63, 3.8) is 0 Å². The summed E-state index contributed by atoms with van der Waals surface area (Å²) in [4.78, 5) is 12.6. The molecule has 2 N–H and O–H groups in total. The van der Waals surface area contributed by atoms with Gasteiger partial charge >= 0.3 is 0 Å². The number of fused-ring (bicyclic) bond motifs is 4. The quantitative estimate of drug-likeness (QED) is 0.764. The zero-order valence-corrected chi connectivity index (χ0v) is 13.4. The van der Waals surface area contributed by atoms with Gasteiger partial charge in [0.15, 0.2) is 5.78 Å². The number of rotatable bonds is 1. The minimum absolute atomic E-state index is 0.0411. The Morgan fingerprint density at radius 3 is 2.77 bits per heavy atom. The lowest BCUT2D eigenvalue weighted by Gasteiger charge is -2.46. The third-order valence-corrected chi connectivity index (χ3v) is 6.22. The fraction of sp³-hybridized carbons (Fsp3) is 0.824. The van der Waals surface area contributed by atoms with Crippen LogP contribution >= 0.6 is 0 Å². The largest absolute Gasteiger partial charge is 0.488 e. The number of hydrogen-bond acceptors (Lipinski definition) is 5. The van der Waals surface area contributed by atoms with Gasteiger partial charge in [0, 0.05) is 17.9 Å². The SMILES string of the molecule is CC(C)(O)[C@@H]1CC[C@@]2(C)OC3=C(C[C@@H]12)C(=O)[C@@H]1C[C@@]3(O)CO1. The lowest BCUT2D eigenvalue weighted by Crippen LogP contribution is -2.51. The molecule has 5 atom stereocenters. The standard InChI is InChI=1S/C17H24O5/c1-15(2,19)10-4-5-16(3)11(10)6-9-13(18)12-7-17(20,8-21-12)14(9)22-16/h10-12,19-20H,4-8H2,1-3H3/t10-,11+,12+,16-,17-/m1/s1. The van der Waals surface area contributed by atoms with Gasteiger partial charge in [-0.25, -0.2) is 0 Å². The van der Waals surface area contributed by atoms with E-state index in [0.717, 1.165) is 12.8 Å². The summed E-state index contributed by atoms with van der Waals surface area (Å²) in [5.74, 6) is 0.591. The van der Waals surface area contributed by atoms with Crippen molar-refractivity contribution in [1.29, 1.82) is 0 Å². The lowest BCUT2D eigenvalue weighted by atomic mass is 9.70. The molecule has 0 aromatic heterocycles. The molecule has 2 heterocycles. The van der Waals surface area contributed by atoms with E-state index in [0.29, 0.717) is 24.2 Å². The van der Waals surface area contributed by atoms with Crippen LogP contribution in [-0.2, 0) is 14.3 Å². The molecule has 0 unspecified atom stereocenters. The Kier molecular flexibility index (Phi) is 2.76. The molecule has 122 valence electrons. The maximum absolute atomic E-state index is 12.6. The molecule has 4 rings (SSSR count). The normalized spacial score (nSPS) is 47.3. The fourth-order valence-electron chi connectivity index (χ4n) is 4.96. The molecule has 2 aliphatic carbocycles. The van der Waals surface area contributed by atoms with E-state index in [4.69, 9.17) is 9.47 Å². The summed E-state index contributed by atoms with van der Waals surface area (Å²) in [6.07, 6.45) is 2.05. The van der Waals surface area contributed by atoms with Gasteiger partial charge in [-0.05, 0) is 46.0 Å². The van der Waals surface area contributed by atoms with Crippen LogP contribution in [0.2, 0.25) is 0 Å². The van der Waals surface area contributed by atoms with E-state index in [1.165, 1.54) is 0 Å². The molecule has 0 spiro atoms. The van der Waals surface area contributed by atoms with Gasteiger partial charge in [-0.3, -0.25) is 4.79 Å². The molecule has 1 saturated carbocycles. The zero-order valence-electron chi connectivity index (χ0n) is 13.4. The van der Waals surface area contributed by atoms with Crippen molar-refractivity contribution in [1.82, 2.24) is 0 Å². The zero-order chi connectivity index (χ0) is 15.9. The van der Waals surface area contributed by atoms with Gasteiger partial charge in [-0.1, -0.05) is 0 Å². The summed E-state index contributed by atoms with van der Waals surface area (Å²) >= 11 is 0. The summed E-state index contributed by atoms with van der Waals surface area (Å²) < 4.78 is 11.7. The number of carbonyl (C=O) groups is 1. The smallest absolute Gasteiger partial charge is 0.191 e. The molecule has 4 aliphatic rings. The maximum atomic E-state index is 12.6. The van der Waals surface area contributed by atoms with Crippen LogP contribution in [0.3, 0.4) is 0 Å². The van der Waals surface area contributed by atoms with Crippen molar-refractivity contribution in [2.45, 2.75) is 69.4 Å². The first-order valence-electron chi connectivity index (χ1n) is 8.17. The third-order valence-electron chi connectivity index (χ3n) is 6.22. The van der Waals surface area contributed by atoms with Gasteiger partial charge in [0.25, 0.3) is 0 Å². The molecule has 1 saturated heterocycles. The number of ether oxygens (including phenoxy) is 2. The monoisotopic (exact) mass is 308 g/mol. The molecule has 0 amide bonds.